The van der Waals surface area contributed by atoms with Gasteiger partial charge in [-0.3, -0.25) is 9.59 Å². The van der Waals surface area contributed by atoms with Gasteiger partial charge in [-0.05, 0) is 42.7 Å². The van der Waals surface area contributed by atoms with E-state index >= 15 is 0 Å². The van der Waals surface area contributed by atoms with Crippen molar-refractivity contribution in [1.82, 2.24) is 0 Å². The molecule has 0 aliphatic rings. The predicted octanol–water partition coefficient (Wildman–Crippen LogP) is 5.66. The first-order valence-corrected chi connectivity index (χ1v) is 9.84. The topological polar surface area (TPSA) is 60.2 Å². The van der Waals surface area contributed by atoms with Gasteiger partial charge in [-0.25, -0.2) is 0 Å². The maximum absolute atomic E-state index is 11.4. The lowest BCUT2D eigenvalue weighted by Gasteiger charge is -2.04. The minimum Gasteiger partial charge on any atom is -0.399 e. The molecule has 3 nitrogen and oxygen atoms in total. The molecule has 0 saturated carbocycles. The van der Waals surface area contributed by atoms with E-state index in [0.717, 1.165) is 17.7 Å². The van der Waals surface area contributed by atoms with E-state index in [2.05, 4.69) is 0 Å². The van der Waals surface area contributed by atoms with Crippen LogP contribution in [0.5, 0.6) is 0 Å². The summed E-state index contributed by atoms with van der Waals surface area (Å²) in [5, 5.41) is 0. The number of rotatable bonds is 7. The minimum absolute atomic E-state index is 0.0803. The number of hydrogen-bond donors (Lipinski definition) is 1. The number of anilines is 1. The highest BCUT2D eigenvalue weighted by molar-refractivity contribution is 5.94. The average molecular weight is 380 g/mol. The zero-order chi connectivity index (χ0) is 21.1. The second kappa shape index (κ2) is 11.9. The molecule has 2 aromatic rings. The number of aryl methyl sites for hydroxylation is 2. The molecule has 2 rings (SSSR count). The first-order valence-electron chi connectivity index (χ1n) is 9.84. The minimum atomic E-state index is 0.0803. The van der Waals surface area contributed by atoms with Gasteiger partial charge in [0.1, 0.15) is 5.78 Å². The van der Waals surface area contributed by atoms with Crippen LogP contribution >= 0.6 is 0 Å². The Bertz CT molecular complexity index is 769. The van der Waals surface area contributed by atoms with Crippen LogP contribution in [-0.2, 0) is 16.0 Å². The molecule has 0 bridgehead atoms. The molecule has 3 heteroatoms. The van der Waals surface area contributed by atoms with Crippen LogP contribution in [0.15, 0.2) is 54.6 Å². The van der Waals surface area contributed by atoms with Crippen molar-refractivity contribution >= 4 is 23.3 Å². The zero-order valence-electron chi connectivity index (χ0n) is 17.7. The van der Waals surface area contributed by atoms with E-state index in [9.17, 15) is 9.59 Å². The SMILES string of the molecule is CC(C)C(=O)CCc1ccc(N)cc1.Cc1ccc(/C=C/C(=O)C(C)C)cc1. The molecule has 0 heterocycles. The number of ketones is 2. The molecule has 0 amide bonds. The third-order valence-corrected chi connectivity index (χ3v) is 4.37. The number of Topliss-reactive ketones (excluding diaryl/α,β-unsaturated/α-hetero) is 1. The number of carbonyl (C=O) groups is 2. The summed E-state index contributed by atoms with van der Waals surface area (Å²) in [6.07, 6.45) is 4.95. The van der Waals surface area contributed by atoms with E-state index in [1.165, 1.54) is 11.1 Å². The van der Waals surface area contributed by atoms with Gasteiger partial charge < -0.3 is 5.73 Å². The van der Waals surface area contributed by atoms with Crippen molar-refractivity contribution in [3.8, 4) is 0 Å². The van der Waals surface area contributed by atoms with Crippen LogP contribution in [0.4, 0.5) is 5.69 Å². The zero-order valence-corrected chi connectivity index (χ0v) is 17.7. The summed E-state index contributed by atoms with van der Waals surface area (Å²) in [5.74, 6) is 0.716. The van der Waals surface area contributed by atoms with Crippen molar-refractivity contribution in [2.45, 2.75) is 47.5 Å². The summed E-state index contributed by atoms with van der Waals surface area (Å²) in [5.41, 5.74) is 9.81. The summed E-state index contributed by atoms with van der Waals surface area (Å²) in [6.45, 7) is 9.73. The van der Waals surface area contributed by atoms with Crippen LogP contribution in [0.3, 0.4) is 0 Å². The number of allylic oxidation sites excluding steroid dienone is 1. The summed E-state index contributed by atoms with van der Waals surface area (Å²) in [4.78, 5) is 22.7. The lowest BCUT2D eigenvalue weighted by molar-refractivity contribution is -0.121. The van der Waals surface area contributed by atoms with Crippen molar-refractivity contribution in [3.05, 3.63) is 71.3 Å². The second-order valence-electron chi connectivity index (χ2n) is 7.66. The molecule has 0 aliphatic heterocycles. The van der Waals surface area contributed by atoms with Gasteiger partial charge in [0, 0.05) is 23.9 Å². The highest BCUT2D eigenvalue weighted by Gasteiger charge is 2.06. The van der Waals surface area contributed by atoms with Crippen LogP contribution in [0.2, 0.25) is 0 Å². The molecule has 0 aromatic heterocycles. The molecule has 0 fully saturated rings. The predicted molar refractivity (Wildman–Crippen MR) is 119 cm³/mol. The van der Waals surface area contributed by atoms with Crippen molar-refractivity contribution in [2.24, 2.45) is 11.8 Å². The van der Waals surface area contributed by atoms with Gasteiger partial charge in [0.05, 0.1) is 0 Å². The Morgan fingerprint density at radius 2 is 1.46 bits per heavy atom. The molecule has 0 radical (unpaired) electrons. The van der Waals surface area contributed by atoms with E-state index in [-0.39, 0.29) is 17.6 Å². The largest absolute Gasteiger partial charge is 0.399 e. The monoisotopic (exact) mass is 379 g/mol. The number of hydrogen-bond acceptors (Lipinski definition) is 3. The van der Waals surface area contributed by atoms with Crippen molar-refractivity contribution < 1.29 is 9.59 Å². The Labute approximate surface area is 169 Å². The summed E-state index contributed by atoms with van der Waals surface area (Å²) >= 11 is 0. The molecular formula is C25H33NO2. The van der Waals surface area contributed by atoms with Crippen LogP contribution in [0.25, 0.3) is 6.08 Å². The van der Waals surface area contributed by atoms with E-state index in [0.29, 0.717) is 12.2 Å². The Morgan fingerprint density at radius 1 is 0.893 bits per heavy atom. The molecule has 28 heavy (non-hydrogen) atoms. The van der Waals surface area contributed by atoms with Crippen LogP contribution in [0, 0.1) is 18.8 Å². The summed E-state index contributed by atoms with van der Waals surface area (Å²) in [6, 6.07) is 15.8. The lowest BCUT2D eigenvalue weighted by atomic mass is 10.0. The fourth-order valence-corrected chi connectivity index (χ4v) is 2.29. The van der Waals surface area contributed by atoms with E-state index < -0.39 is 0 Å². The van der Waals surface area contributed by atoms with E-state index in [1.54, 1.807) is 6.08 Å². The molecule has 0 atom stereocenters. The third kappa shape index (κ3) is 9.31. The van der Waals surface area contributed by atoms with Crippen LogP contribution in [-0.4, -0.2) is 11.6 Å². The number of nitrogens with two attached hydrogens (primary N) is 1. The Hall–Kier alpha value is -2.68. The fraction of sp³-hybridized carbons (Fsp3) is 0.360. The Balaban J connectivity index is 0.000000280. The van der Waals surface area contributed by atoms with E-state index in [1.807, 2.05) is 89.2 Å². The normalized spacial score (nSPS) is 10.8. The highest BCUT2D eigenvalue weighted by atomic mass is 16.1. The summed E-state index contributed by atoms with van der Waals surface area (Å²) < 4.78 is 0. The smallest absolute Gasteiger partial charge is 0.158 e. The van der Waals surface area contributed by atoms with Crippen molar-refractivity contribution in [1.29, 1.82) is 0 Å². The first kappa shape index (κ1) is 23.4. The van der Waals surface area contributed by atoms with Gasteiger partial charge in [-0.15, -0.1) is 0 Å². The van der Waals surface area contributed by atoms with Crippen LogP contribution < -0.4 is 5.73 Å². The fourth-order valence-electron chi connectivity index (χ4n) is 2.29. The van der Waals surface area contributed by atoms with Gasteiger partial charge in [-0.1, -0.05) is 75.7 Å². The number of benzene rings is 2. The number of nitrogen functional groups attached to an aromatic ring is 1. The molecule has 0 spiro atoms. The molecule has 0 unspecified atom stereocenters. The first-order chi connectivity index (χ1) is 13.2. The quantitative estimate of drug-likeness (QED) is 0.499. The molecule has 2 N–H and O–H groups in total. The van der Waals surface area contributed by atoms with Gasteiger partial charge in [0.2, 0.25) is 0 Å². The Morgan fingerprint density at radius 3 is 1.96 bits per heavy atom. The third-order valence-electron chi connectivity index (χ3n) is 4.37. The lowest BCUT2D eigenvalue weighted by Crippen LogP contribution is -2.07. The summed E-state index contributed by atoms with van der Waals surface area (Å²) in [7, 11) is 0. The highest BCUT2D eigenvalue weighted by Crippen LogP contribution is 2.10. The molecule has 0 saturated heterocycles. The molecule has 150 valence electrons. The van der Waals surface area contributed by atoms with Gasteiger partial charge in [0.25, 0.3) is 0 Å². The molecular weight excluding hydrogens is 346 g/mol. The Kier molecular flexibility index (Phi) is 9.94. The standard InChI is InChI=1S/C13H16O.C12H17NO/c1-10(2)13(14)9-8-12-6-4-11(3)5-7-12;1-9(2)12(14)8-5-10-3-6-11(13)7-4-10/h4-10H,1-3H3;3-4,6-7,9H,5,8,13H2,1-2H3/b9-8+;. The maximum atomic E-state index is 11.4. The van der Waals surface area contributed by atoms with Gasteiger partial charge in [0.15, 0.2) is 5.78 Å². The van der Waals surface area contributed by atoms with Gasteiger partial charge in [-0.2, -0.15) is 0 Å². The molecule has 0 aliphatic carbocycles. The van der Waals surface area contributed by atoms with Crippen LogP contribution in [0.1, 0.15) is 50.8 Å². The number of carbonyl (C=O) groups excluding carboxylic acids is 2. The van der Waals surface area contributed by atoms with Gasteiger partial charge >= 0.3 is 0 Å². The second-order valence-corrected chi connectivity index (χ2v) is 7.66. The average Bonchev–Trinajstić information content (AvgIpc) is 2.67. The maximum Gasteiger partial charge on any atom is 0.158 e. The van der Waals surface area contributed by atoms with E-state index in [4.69, 9.17) is 5.73 Å². The van der Waals surface area contributed by atoms with Crippen molar-refractivity contribution in [2.75, 3.05) is 5.73 Å². The van der Waals surface area contributed by atoms with Crippen molar-refractivity contribution in [3.63, 3.8) is 0 Å². The molecule has 2 aromatic carbocycles.